The molecule has 0 N–H and O–H groups in total. The first-order valence-corrected chi connectivity index (χ1v) is 1.67. The van der Waals surface area contributed by atoms with Crippen molar-refractivity contribution in [1.82, 2.24) is 0 Å². The molecule has 0 aliphatic carbocycles. The SMILES string of the molecule is [CH3-].[F-].[F-].[F-].[Zr+3].c1cc[cH-]c1. The van der Waals surface area contributed by atoms with Crippen LogP contribution in [-0.4, -0.2) is 0 Å². The summed E-state index contributed by atoms with van der Waals surface area (Å²) >= 11 is 0. The third kappa shape index (κ3) is 15.7. The predicted molar refractivity (Wildman–Crippen MR) is 28.4 cm³/mol. The quantitative estimate of drug-likeness (QED) is 0.387. The van der Waals surface area contributed by atoms with Crippen molar-refractivity contribution in [3.63, 3.8) is 0 Å². The minimum absolute atomic E-state index is 0. The van der Waals surface area contributed by atoms with Crippen LogP contribution >= 0.6 is 0 Å². The summed E-state index contributed by atoms with van der Waals surface area (Å²) in [4.78, 5) is 0. The van der Waals surface area contributed by atoms with Crippen molar-refractivity contribution >= 4 is 0 Å². The Bertz CT molecular complexity index is 69.5. The van der Waals surface area contributed by atoms with Crippen LogP contribution in [0.2, 0.25) is 0 Å². The van der Waals surface area contributed by atoms with Gasteiger partial charge < -0.3 is 21.5 Å². The average molecular weight is 228 g/mol. The largest absolute Gasteiger partial charge is 3.00 e. The zero-order chi connectivity index (χ0) is 3.54. The van der Waals surface area contributed by atoms with Crippen LogP contribution in [0.15, 0.2) is 30.3 Å². The van der Waals surface area contributed by atoms with Gasteiger partial charge in [0, 0.05) is 0 Å². The monoisotopic (exact) mass is 227 g/mol. The van der Waals surface area contributed by atoms with Gasteiger partial charge in [-0.2, -0.15) is 18.2 Å². The minimum atomic E-state index is 0. The second-order valence-electron chi connectivity index (χ2n) is 0.962. The second-order valence-corrected chi connectivity index (χ2v) is 0.962. The van der Waals surface area contributed by atoms with Gasteiger partial charge in [0.1, 0.15) is 0 Å². The summed E-state index contributed by atoms with van der Waals surface area (Å²) in [6.45, 7) is 0. The van der Waals surface area contributed by atoms with Gasteiger partial charge in [0.2, 0.25) is 0 Å². The van der Waals surface area contributed by atoms with Gasteiger partial charge >= 0.3 is 26.2 Å². The molecule has 0 unspecified atom stereocenters. The Hall–Kier alpha value is 0.0231. The van der Waals surface area contributed by atoms with E-state index in [1.165, 1.54) is 0 Å². The Morgan fingerprint density at radius 1 is 0.800 bits per heavy atom. The van der Waals surface area contributed by atoms with Gasteiger partial charge in [0.25, 0.3) is 0 Å². The Morgan fingerprint density at radius 2 is 1.10 bits per heavy atom. The zero-order valence-electron chi connectivity index (χ0n) is 5.52. The van der Waals surface area contributed by atoms with Crippen molar-refractivity contribution in [2.45, 2.75) is 0 Å². The second kappa shape index (κ2) is 23.0. The molecule has 0 saturated carbocycles. The fraction of sp³-hybridized carbons (Fsp3) is 0. The molecule has 1 radical (unpaired) electrons. The fourth-order valence-corrected chi connectivity index (χ4v) is 0.321. The summed E-state index contributed by atoms with van der Waals surface area (Å²) < 4.78 is 0. The van der Waals surface area contributed by atoms with Gasteiger partial charge in [-0.3, -0.25) is 0 Å². The van der Waals surface area contributed by atoms with Gasteiger partial charge in [-0.05, 0) is 0 Å². The van der Waals surface area contributed by atoms with Crippen LogP contribution in [-0.2, 0) is 26.2 Å². The van der Waals surface area contributed by atoms with Crippen molar-refractivity contribution in [3.05, 3.63) is 37.8 Å². The van der Waals surface area contributed by atoms with E-state index in [2.05, 4.69) is 0 Å². The van der Waals surface area contributed by atoms with Crippen LogP contribution in [0, 0.1) is 7.43 Å². The molecule has 0 spiro atoms. The third-order valence-electron chi connectivity index (χ3n) is 0.556. The van der Waals surface area contributed by atoms with E-state index in [1.54, 1.807) is 0 Å². The van der Waals surface area contributed by atoms with Crippen LogP contribution in [0.5, 0.6) is 0 Å². The maximum atomic E-state index is 2.00. The first-order valence-electron chi connectivity index (χ1n) is 1.67. The number of hydrogen-bond acceptors (Lipinski definition) is 0. The molecule has 0 bridgehead atoms. The molecular formula is C6H8F3Zr-2. The molecule has 0 heterocycles. The molecule has 4 heteroatoms. The first-order chi connectivity index (χ1) is 2.50. The van der Waals surface area contributed by atoms with E-state index in [0.717, 1.165) is 0 Å². The molecule has 0 amide bonds. The molecule has 0 aromatic heterocycles. The standard InChI is InChI=1S/C5H5.CH3.3FH.Zr/c1-2-4-5-3-1;;;;;/h1-5H;1H3;3*1H;/q2*-1;;;;+3/p-3. The normalized spacial score (nSPS) is 4.00. The number of hydrogen-bond donors (Lipinski definition) is 0. The zero-order valence-corrected chi connectivity index (χ0v) is 7.98. The molecule has 1 aromatic rings. The molecule has 59 valence electrons. The van der Waals surface area contributed by atoms with E-state index in [0.29, 0.717) is 0 Å². The molecule has 0 aliphatic rings. The molecule has 0 aliphatic heterocycles. The molecule has 1 aromatic carbocycles. The maximum Gasteiger partial charge on any atom is 3.00 e. The topological polar surface area (TPSA) is 0 Å². The molecule has 10 heavy (non-hydrogen) atoms. The minimum Gasteiger partial charge on any atom is -1.00 e. The maximum absolute atomic E-state index is 2.00. The van der Waals surface area contributed by atoms with Crippen LogP contribution in [0.25, 0.3) is 0 Å². The van der Waals surface area contributed by atoms with Gasteiger partial charge in [0.15, 0.2) is 0 Å². The van der Waals surface area contributed by atoms with E-state index < -0.39 is 0 Å². The summed E-state index contributed by atoms with van der Waals surface area (Å²) in [6, 6.07) is 10.0. The molecule has 1 rings (SSSR count). The smallest absolute Gasteiger partial charge is 1.00 e. The van der Waals surface area contributed by atoms with Gasteiger partial charge in [-0.15, -0.1) is 0 Å². The average Bonchev–Trinajstić information content (AvgIpc) is 1.76. The summed E-state index contributed by atoms with van der Waals surface area (Å²) in [7, 11) is 0. The molecule has 0 atom stereocenters. The predicted octanol–water partition coefficient (Wildman–Crippen LogP) is -7.13. The van der Waals surface area contributed by atoms with Crippen molar-refractivity contribution in [2.75, 3.05) is 0 Å². The van der Waals surface area contributed by atoms with E-state index in [4.69, 9.17) is 0 Å². The first kappa shape index (κ1) is 32.3. The number of halogens is 3. The van der Waals surface area contributed by atoms with E-state index in [1.807, 2.05) is 30.3 Å². The van der Waals surface area contributed by atoms with Crippen LogP contribution < -0.4 is 14.1 Å². The summed E-state index contributed by atoms with van der Waals surface area (Å²) in [5.74, 6) is 0. The molecule has 0 nitrogen and oxygen atoms in total. The van der Waals surface area contributed by atoms with E-state index >= 15 is 0 Å². The number of rotatable bonds is 0. The van der Waals surface area contributed by atoms with Gasteiger partial charge in [0.05, 0.1) is 0 Å². The summed E-state index contributed by atoms with van der Waals surface area (Å²) in [5, 5.41) is 0. The van der Waals surface area contributed by atoms with Crippen molar-refractivity contribution in [2.24, 2.45) is 0 Å². The molecular weight excluding hydrogens is 220 g/mol. The Balaban J connectivity index is -0.0000000167. The van der Waals surface area contributed by atoms with Crippen LogP contribution in [0.4, 0.5) is 0 Å². The van der Waals surface area contributed by atoms with Crippen LogP contribution in [0.1, 0.15) is 0 Å². The van der Waals surface area contributed by atoms with Crippen molar-refractivity contribution in [3.8, 4) is 0 Å². The summed E-state index contributed by atoms with van der Waals surface area (Å²) in [6.07, 6.45) is 0. The molecule has 0 fully saturated rings. The van der Waals surface area contributed by atoms with Gasteiger partial charge in [-0.1, -0.05) is 0 Å². The third-order valence-corrected chi connectivity index (χ3v) is 0.556. The van der Waals surface area contributed by atoms with E-state index in [9.17, 15) is 0 Å². The van der Waals surface area contributed by atoms with Crippen molar-refractivity contribution in [1.29, 1.82) is 0 Å². The Morgan fingerprint density at radius 3 is 1.20 bits per heavy atom. The Kier molecular flexibility index (Phi) is 74.5. The van der Waals surface area contributed by atoms with E-state index in [-0.39, 0.29) is 47.7 Å². The van der Waals surface area contributed by atoms with Crippen molar-refractivity contribution < 1.29 is 40.3 Å². The Labute approximate surface area is 78.2 Å². The van der Waals surface area contributed by atoms with Gasteiger partial charge in [-0.25, -0.2) is 12.1 Å². The summed E-state index contributed by atoms with van der Waals surface area (Å²) in [5.41, 5.74) is 0. The molecule has 0 saturated heterocycles. The fourth-order valence-electron chi connectivity index (χ4n) is 0.321. The van der Waals surface area contributed by atoms with Crippen LogP contribution in [0.3, 0.4) is 0 Å².